The number of aryl methyl sites for hydroxylation is 1. The Balaban J connectivity index is 0.00000338. The summed E-state index contributed by atoms with van der Waals surface area (Å²) in [5.74, 6) is 0.502. The van der Waals surface area contributed by atoms with Gasteiger partial charge in [0.05, 0.1) is 18.3 Å². The highest BCUT2D eigenvalue weighted by Crippen LogP contribution is 2.19. The Hall–Kier alpha value is -1.42. The third kappa shape index (κ3) is 6.39. The van der Waals surface area contributed by atoms with E-state index in [1.165, 1.54) is 0 Å². The maximum atomic E-state index is 13.8. The van der Waals surface area contributed by atoms with Gasteiger partial charge in [0, 0.05) is 26.0 Å². The second kappa shape index (κ2) is 10.7. The largest absolute Gasteiger partial charge is 0.357 e. The number of rotatable bonds is 6. The molecular formula is C18H27FIN5S. The predicted molar refractivity (Wildman–Crippen MR) is 119 cm³/mol. The SMILES string of the molecule is CCNC(=NCc1csc(N(C)C)n1)NC(C)c1ccc(C)c(F)c1.I. The van der Waals surface area contributed by atoms with Gasteiger partial charge in [-0.15, -0.1) is 35.3 Å². The van der Waals surface area contributed by atoms with Crippen LogP contribution < -0.4 is 15.5 Å². The molecule has 1 unspecified atom stereocenters. The molecule has 5 nitrogen and oxygen atoms in total. The van der Waals surface area contributed by atoms with Crippen molar-refractivity contribution >= 4 is 46.4 Å². The summed E-state index contributed by atoms with van der Waals surface area (Å²) in [5, 5.41) is 9.52. The first-order valence-electron chi connectivity index (χ1n) is 8.33. The molecule has 0 fully saturated rings. The van der Waals surface area contributed by atoms with Gasteiger partial charge in [0.2, 0.25) is 0 Å². The number of thiazole rings is 1. The summed E-state index contributed by atoms with van der Waals surface area (Å²) in [4.78, 5) is 11.1. The van der Waals surface area contributed by atoms with Gasteiger partial charge >= 0.3 is 0 Å². The van der Waals surface area contributed by atoms with Crippen LogP contribution in [0.2, 0.25) is 0 Å². The fourth-order valence-corrected chi connectivity index (χ4v) is 2.97. The van der Waals surface area contributed by atoms with Crippen molar-refractivity contribution in [3.05, 3.63) is 46.2 Å². The van der Waals surface area contributed by atoms with Crippen LogP contribution in [0.25, 0.3) is 0 Å². The zero-order valence-electron chi connectivity index (χ0n) is 15.8. The Labute approximate surface area is 176 Å². The van der Waals surface area contributed by atoms with Crippen molar-refractivity contribution in [3.63, 3.8) is 0 Å². The molecule has 26 heavy (non-hydrogen) atoms. The van der Waals surface area contributed by atoms with Crippen molar-refractivity contribution in [2.45, 2.75) is 33.4 Å². The van der Waals surface area contributed by atoms with Gasteiger partial charge in [-0.25, -0.2) is 14.4 Å². The third-order valence-corrected chi connectivity index (χ3v) is 4.77. The first-order valence-corrected chi connectivity index (χ1v) is 9.21. The summed E-state index contributed by atoms with van der Waals surface area (Å²) >= 11 is 1.60. The number of hydrogen-bond donors (Lipinski definition) is 2. The maximum Gasteiger partial charge on any atom is 0.192 e. The zero-order chi connectivity index (χ0) is 18.4. The maximum absolute atomic E-state index is 13.8. The number of nitrogens with zero attached hydrogens (tertiary/aromatic N) is 3. The molecule has 1 aromatic carbocycles. The van der Waals surface area contributed by atoms with E-state index in [2.05, 4.69) is 20.6 Å². The van der Waals surface area contributed by atoms with Crippen LogP contribution in [0.3, 0.4) is 0 Å². The monoisotopic (exact) mass is 491 g/mol. The summed E-state index contributed by atoms with van der Waals surface area (Å²) in [5.41, 5.74) is 2.47. The number of guanidine groups is 1. The van der Waals surface area contributed by atoms with E-state index in [1.54, 1.807) is 30.4 Å². The second-order valence-electron chi connectivity index (χ2n) is 6.09. The number of anilines is 1. The smallest absolute Gasteiger partial charge is 0.192 e. The van der Waals surface area contributed by atoms with Gasteiger partial charge in [-0.05, 0) is 38.0 Å². The minimum absolute atomic E-state index is 0. The lowest BCUT2D eigenvalue weighted by Gasteiger charge is -2.18. The van der Waals surface area contributed by atoms with Gasteiger partial charge in [0.15, 0.2) is 11.1 Å². The van der Waals surface area contributed by atoms with Crippen molar-refractivity contribution in [3.8, 4) is 0 Å². The van der Waals surface area contributed by atoms with Crippen LogP contribution in [0.4, 0.5) is 9.52 Å². The van der Waals surface area contributed by atoms with Gasteiger partial charge < -0.3 is 15.5 Å². The summed E-state index contributed by atoms with van der Waals surface area (Å²) in [7, 11) is 3.94. The molecule has 2 aromatic rings. The number of aromatic nitrogens is 1. The van der Waals surface area contributed by atoms with E-state index < -0.39 is 0 Å². The van der Waals surface area contributed by atoms with Gasteiger partial charge in [-0.2, -0.15) is 0 Å². The third-order valence-electron chi connectivity index (χ3n) is 3.71. The van der Waals surface area contributed by atoms with Gasteiger partial charge in [-0.3, -0.25) is 0 Å². The topological polar surface area (TPSA) is 52.6 Å². The quantitative estimate of drug-likeness (QED) is 0.363. The van der Waals surface area contributed by atoms with E-state index in [9.17, 15) is 4.39 Å². The van der Waals surface area contributed by atoms with E-state index in [-0.39, 0.29) is 35.8 Å². The number of halogens is 2. The van der Waals surface area contributed by atoms with Crippen LogP contribution in [-0.4, -0.2) is 31.6 Å². The number of nitrogens with one attached hydrogen (secondary N) is 2. The molecular weight excluding hydrogens is 464 g/mol. The molecule has 0 amide bonds. The molecule has 144 valence electrons. The number of benzene rings is 1. The van der Waals surface area contributed by atoms with Crippen molar-refractivity contribution in [2.24, 2.45) is 4.99 Å². The summed E-state index contributed by atoms with van der Waals surface area (Å²) in [6, 6.07) is 5.25. The van der Waals surface area contributed by atoms with Crippen LogP contribution in [-0.2, 0) is 6.54 Å². The summed E-state index contributed by atoms with van der Waals surface area (Å²) in [6.45, 7) is 7.01. The Morgan fingerprint density at radius 1 is 1.38 bits per heavy atom. The van der Waals surface area contributed by atoms with E-state index >= 15 is 0 Å². The molecule has 0 bridgehead atoms. The van der Waals surface area contributed by atoms with Crippen LogP contribution >= 0.6 is 35.3 Å². The van der Waals surface area contributed by atoms with Crippen LogP contribution in [0.1, 0.15) is 36.7 Å². The summed E-state index contributed by atoms with van der Waals surface area (Å²) < 4.78 is 13.8. The van der Waals surface area contributed by atoms with E-state index in [4.69, 9.17) is 0 Å². The standard InChI is InChI=1S/C18H26FN5S.HI/c1-6-20-17(21-10-15-11-25-18(23-15)24(4)5)22-13(3)14-8-7-12(2)16(19)9-14;/h7-9,11,13H,6,10H2,1-5H3,(H2,20,21,22);1H. The molecule has 0 radical (unpaired) electrons. The fraction of sp³-hybridized carbons (Fsp3) is 0.444. The fourth-order valence-electron chi connectivity index (χ4n) is 2.22. The Bertz CT molecular complexity index is 732. The molecule has 0 aliphatic rings. The highest BCUT2D eigenvalue weighted by molar-refractivity contribution is 14.0. The molecule has 0 aliphatic carbocycles. The van der Waals surface area contributed by atoms with Crippen LogP contribution in [0.5, 0.6) is 0 Å². The highest BCUT2D eigenvalue weighted by atomic mass is 127. The van der Waals surface area contributed by atoms with Crippen molar-refractivity contribution in [1.29, 1.82) is 0 Å². The van der Waals surface area contributed by atoms with E-state index in [0.717, 1.165) is 22.9 Å². The van der Waals surface area contributed by atoms with Gasteiger partial charge in [0.25, 0.3) is 0 Å². The first kappa shape index (κ1) is 22.6. The lowest BCUT2D eigenvalue weighted by Crippen LogP contribution is -2.38. The normalized spacial score (nSPS) is 12.3. The van der Waals surface area contributed by atoms with Crippen LogP contribution in [0.15, 0.2) is 28.6 Å². The lowest BCUT2D eigenvalue weighted by molar-refractivity contribution is 0.607. The Kier molecular flexibility index (Phi) is 9.28. The molecule has 0 aliphatic heterocycles. The second-order valence-corrected chi connectivity index (χ2v) is 6.92. The van der Waals surface area contributed by atoms with Gasteiger partial charge in [0.1, 0.15) is 5.82 Å². The van der Waals surface area contributed by atoms with Crippen molar-refractivity contribution in [1.82, 2.24) is 15.6 Å². The Morgan fingerprint density at radius 2 is 2.12 bits per heavy atom. The molecule has 1 atom stereocenters. The molecule has 0 saturated heterocycles. The highest BCUT2D eigenvalue weighted by Gasteiger charge is 2.10. The number of hydrogen-bond acceptors (Lipinski definition) is 4. The van der Waals surface area contributed by atoms with E-state index in [0.29, 0.717) is 18.1 Å². The minimum atomic E-state index is -0.188. The molecule has 0 spiro atoms. The van der Waals surface area contributed by atoms with Crippen LogP contribution in [0, 0.1) is 12.7 Å². The van der Waals surface area contributed by atoms with Crippen molar-refractivity contribution in [2.75, 3.05) is 25.5 Å². The average molecular weight is 491 g/mol. The molecule has 0 saturated carbocycles. The molecule has 8 heteroatoms. The summed E-state index contributed by atoms with van der Waals surface area (Å²) in [6.07, 6.45) is 0. The first-order chi connectivity index (χ1) is 11.9. The zero-order valence-corrected chi connectivity index (χ0v) is 19.0. The predicted octanol–water partition coefficient (Wildman–Crippen LogP) is 4.09. The van der Waals surface area contributed by atoms with Gasteiger partial charge in [-0.1, -0.05) is 12.1 Å². The molecule has 2 N–H and O–H groups in total. The Morgan fingerprint density at radius 3 is 2.69 bits per heavy atom. The lowest BCUT2D eigenvalue weighted by atomic mass is 10.1. The average Bonchev–Trinajstić information content (AvgIpc) is 3.04. The number of aliphatic imine (C=N–C) groups is 1. The minimum Gasteiger partial charge on any atom is -0.357 e. The van der Waals surface area contributed by atoms with E-state index in [1.807, 2.05) is 44.3 Å². The molecule has 2 rings (SSSR count). The molecule has 1 aromatic heterocycles. The van der Waals surface area contributed by atoms with Crippen molar-refractivity contribution < 1.29 is 4.39 Å². The molecule has 1 heterocycles.